The van der Waals surface area contributed by atoms with E-state index in [1.165, 1.54) is 56.7 Å². The first kappa shape index (κ1) is 19.2. The average molecular weight is 325 g/mol. The van der Waals surface area contributed by atoms with Crippen LogP contribution in [0.2, 0.25) is 0 Å². The van der Waals surface area contributed by atoms with Gasteiger partial charge in [0, 0.05) is 11.1 Å². The molecule has 0 saturated heterocycles. The van der Waals surface area contributed by atoms with Crippen molar-refractivity contribution >= 4 is 15.2 Å². The summed E-state index contributed by atoms with van der Waals surface area (Å²) in [6.07, 6.45) is 12.4. The Kier molecular flexibility index (Phi) is 10.3. The molecular formula is C19H32O2S. The van der Waals surface area contributed by atoms with Gasteiger partial charge in [0.2, 0.25) is 0 Å². The molecule has 3 heteroatoms. The minimum absolute atomic E-state index is 0.387. The van der Waals surface area contributed by atoms with Gasteiger partial charge in [0.15, 0.2) is 0 Å². The highest BCUT2D eigenvalue weighted by atomic mass is 32.2. The monoisotopic (exact) mass is 324 g/mol. The quantitative estimate of drug-likeness (QED) is 0.406. The molecule has 0 heterocycles. The summed E-state index contributed by atoms with van der Waals surface area (Å²) in [5.41, 5.74) is 0.835. The lowest BCUT2D eigenvalue weighted by Gasteiger charge is -2.05. The Labute approximate surface area is 137 Å². The standard InChI is InChI=1S/C19H32O2S/c1-2-3-4-5-6-7-8-9-10-14-17-22(20,21)18-19-15-12-11-13-16-19/h11-13,15-16,18H,2-10,14,17H2,1H3,(H,20,21). The maximum Gasteiger partial charge on any atom is 0.0821 e. The second-order valence-corrected chi connectivity index (χ2v) is 8.13. The highest BCUT2D eigenvalue weighted by Gasteiger charge is 2.02. The first-order chi connectivity index (χ1) is 10.6. The molecule has 0 radical (unpaired) electrons. The van der Waals surface area contributed by atoms with Gasteiger partial charge < -0.3 is 4.55 Å². The number of hydrogen-bond acceptors (Lipinski definition) is 1. The summed E-state index contributed by atoms with van der Waals surface area (Å²) >= 11 is 0. The van der Waals surface area contributed by atoms with Gasteiger partial charge in [-0.05, 0) is 12.0 Å². The van der Waals surface area contributed by atoms with Gasteiger partial charge in [0.1, 0.15) is 0 Å². The van der Waals surface area contributed by atoms with Gasteiger partial charge in [0.05, 0.1) is 9.80 Å². The molecule has 0 amide bonds. The van der Waals surface area contributed by atoms with Crippen LogP contribution in [0.15, 0.2) is 30.3 Å². The predicted octanol–water partition coefficient (Wildman–Crippen LogP) is 5.52. The number of rotatable bonds is 12. The molecule has 0 aliphatic carbocycles. The van der Waals surface area contributed by atoms with Gasteiger partial charge in [-0.15, -0.1) is 0 Å². The lowest BCUT2D eigenvalue weighted by Crippen LogP contribution is -2.08. The average Bonchev–Trinajstić information content (AvgIpc) is 2.49. The molecule has 1 N–H and O–H groups in total. The molecule has 1 atom stereocenters. The zero-order valence-corrected chi connectivity index (χ0v) is 14.8. The summed E-state index contributed by atoms with van der Waals surface area (Å²) in [7, 11) is -2.82. The van der Waals surface area contributed by atoms with Crippen LogP contribution in [0.1, 0.15) is 76.7 Å². The smallest absolute Gasteiger partial charge is 0.0821 e. The molecular weight excluding hydrogens is 292 g/mol. The Morgan fingerprint density at radius 3 is 1.91 bits per heavy atom. The van der Waals surface area contributed by atoms with E-state index in [-0.39, 0.29) is 0 Å². The predicted molar refractivity (Wildman–Crippen MR) is 99.1 cm³/mol. The molecule has 1 rings (SSSR count). The van der Waals surface area contributed by atoms with Gasteiger partial charge in [0.25, 0.3) is 0 Å². The first-order valence-electron chi connectivity index (χ1n) is 8.78. The lowest BCUT2D eigenvalue weighted by atomic mass is 10.1. The van der Waals surface area contributed by atoms with E-state index in [0.717, 1.165) is 18.4 Å². The van der Waals surface area contributed by atoms with Gasteiger partial charge in [-0.1, -0.05) is 95.0 Å². The second kappa shape index (κ2) is 11.7. The van der Waals surface area contributed by atoms with Crippen molar-refractivity contribution in [2.24, 2.45) is 0 Å². The highest BCUT2D eigenvalue weighted by molar-refractivity contribution is 7.96. The summed E-state index contributed by atoms with van der Waals surface area (Å²) in [6.45, 7) is 2.24. The van der Waals surface area contributed by atoms with Crippen molar-refractivity contribution in [3.63, 3.8) is 0 Å². The van der Waals surface area contributed by atoms with E-state index >= 15 is 0 Å². The normalized spacial score (nSPS) is 13.7. The van der Waals surface area contributed by atoms with Crippen LogP contribution in [-0.4, -0.2) is 19.9 Å². The summed E-state index contributed by atoms with van der Waals surface area (Å²) in [6, 6.07) is 9.44. The van der Waals surface area contributed by atoms with Crippen LogP contribution >= 0.6 is 0 Å². The van der Waals surface area contributed by atoms with Crippen molar-refractivity contribution < 1.29 is 8.76 Å². The van der Waals surface area contributed by atoms with E-state index in [2.05, 4.69) is 6.92 Å². The van der Waals surface area contributed by atoms with Crippen LogP contribution in [0.3, 0.4) is 0 Å². The largest absolute Gasteiger partial charge is 0.313 e. The summed E-state index contributed by atoms with van der Waals surface area (Å²) in [4.78, 5) is 0. The summed E-state index contributed by atoms with van der Waals surface area (Å²) < 4.78 is 22.1. The molecule has 1 unspecified atom stereocenters. The van der Waals surface area contributed by atoms with Crippen molar-refractivity contribution in [1.82, 2.24) is 0 Å². The van der Waals surface area contributed by atoms with Gasteiger partial charge in [-0.2, -0.15) is 0 Å². The Balaban J connectivity index is 2.09. The molecule has 126 valence electrons. The third kappa shape index (κ3) is 10.0. The van der Waals surface area contributed by atoms with E-state index in [9.17, 15) is 8.76 Å². The van der Waals surface area contributed by atoms with Crippen molar-refractivity contribution in [1.29, 1.82) is 0 Å². The fourth-order valence-electron chi connectivity index (χ4n) is 2.60. The van der Waals surface area contributed by atoms with Gasteiger partial charge in [-0.3, -0.25) is 0 Å². The Morgan fingerprint density at radius 2 is 1.36 bits per heavy atom. The fourth-order valence-corrected chi connectivity index (χ4v) is 3.92. The maximum atomic E-state index is 12.1. The van der Waals surface area contributed by atoms with Gasteiger partial charge in [-0.25, -0.2) is 4.21 Å². The van der Waals surface area contributed by atoms with E-state index in [4.69, 9.17) is 0 Å². The third-order valence-electron chi connectivity index (χ3n) is 3.91. The molecule has 0 aliphatic heterocycles. The first-order valence-corrected chi connectivity index (χ1v) is 10.5. The van der Waals surface area contributed by atoms with Crippen LogP contribution < -0.4 is 0 Å². The fraction of sp³-hybridized carbons (Fsp3) is 0.632. The minimum Gasteiger partial charge on any atom is -0.313 e. The third-order valence-corrected chi connectivity index (χ3v) is 5.42. The van der Waals surface area contributed by atoms with Crippen molar-refractivity contribution in [2.45, 2.75) is 71.1 Å². The van der Waals surface area contributed by atoms with Crippen molar-refractivity contribution in [2.75, 3.05) is 5.75 Å². The molecule has 0 bridgehead atoms. The zero-order valence-electron chi connectivity index (χ0n) is 14.0. The Hall–Kier alpha value is -0.800. The summed E-state index contributed by atoms with van der Waals surface area (Å²) in [5.74, 6) is 0.387. The highest BCUT2D eigenvalue weighted by Crippen LogP contribution is 2.11. The maximum absolute atomic E-state index is 12.1. The molecule has 0 spiro atoms. The van der Waals surface area contributed by atoms with Crippen LogP contribution in [0.4, 0.5) is 0 Å². The zero-order chi connectivity index (χ0) is 16.1. The SMILES string of the molecule is CCCCCCCCCCCCS(=O)(O)=Cc1ccccc1. The summed E-state index contributed by atoms with van der Waals surface area (Å²) in [5, 5.41) is 1.51. The number of hydrogen-bond donors (Lipinski definition) is 1. The molecule has 0 saturated carbocycles. The molecule has 1 aromatic rings. The molecule has 0 fully saturated rings. The molecule has 1 aromatic carbocycles. The molecule has 22 heavy (non-hydrogen) atoms. The minimum atomic E-state index is -2.82. The molecule has 2 nitrogen and oxygen atoms in total. The van der Waals surface area contributed by atoms with Crippen LogP contribution in [0, 0.1) is 0 Å². The van der Waals surface area contributed by atoms with Gasteiger partial charge >= 0.3 is 0 Å². The van der Waals surface area contributed by atoms with Crippen molar-refractivity contribution in [3.8, 4) is 0 Å². The Bertz CT molecular complexity index is 487. The topological polar surface area (TPSA) is 37.3 Å². The van der Waals surface area contributed by atoms with E-state index in [0.29, 0.717) is 5.75 Å². The number of benzene rings is 1. The second-order valence-electron chi connectivity index (χ2n) is 6.10. The number of unbranched alkanes of at least 4 members (excludes halogenated alkanes) is 9. The van der Waals surface area contributed by atoms with Crippen LogP contribution in [-0.2, 0) is 9.80 Å². The van der Waals surface area contributed by atoms with Crippen molar-refractivity contribution in [3.05, 3.63) is 35.9 Å². The van der Waals surface area contributed by atoms with Crippen LogP contribution in [0.5, 0.6) is 0 Å². The van der Waals surface area contributed by atoms with E-state index in [1.54, 1.807) is 0 Å². The Morgan fingerprint density at radius 1 is 0.864 bits per heavy atom. The molecule has 0 aromatic heterocycles. The lowest BCUT2D eigenvalue weighted by molar-refractivity contribution is 0.545. The van der Waals surface area contributed by atoms with E-state index in [1.807, 2.05) is 30.3 Å². The van der Waals surface area contributed by atoms with Crippen LogP contribution in [0.25, 0.3) is 0 Å². The molecule has 0 aliphatic rings. The van der Waals surface area contributed by atoms with E-state index < -0.39 is 9.80 Å².